The number of aliphatic imine (C=N–C) groups is 1. The van der Waals surface area contributed by atoms with E-state index in [0.717, 1.165) is 5.39 Å². The molecule has 2 aromatic heterocycles. The molecule has 3 N–H and O–H groups in total. The van der Waals surface area contributed by atoms with Crippen molar-refractivity contribution in [3.05, 3.63) is 54.1 Å². The van der Waals surface area contributed by atoms with Gasteiger partial charge in [0.05, 0.1) is 18.8 Å². The first-order valence-electron chi connectivity index (χ1n) is 9.26. The van der Waals surface area contributed by atoms with E-state index < -0.39 is 5.54 Å². The SMILES string of the molecule is COc1cnc2c(Nc3ccc(F)c([C@]4(C)C[C@@H](C)OC(N)=N4)c3)nccc2c1. The number of nitrogens with two attached hydrogens (primary N) is 1. The molecule has 29 heavy (non-hydrogen) atoms. The van der Waals surface area contributed by atoms with E-state index in [0.29, 0.717) is 34.8 Å². The van der Waals surface area contributed by atoms with Crippen molar-refractivity contribution >= 4 is 28.4 Å². The topological polar surface area (TPSA) is 94.6 Å². The van der Waals surface area contributed by atoms with Gasteiger partial charge in [0.25, 0.3) is 6.02 Å². The molecule has 3 aromatic rings. The Bertz CT molecular complexity index is 1100. The van der Waals surface area contributed by atoms with Crippen LogP contribution in [0.2, 0.25) is 0 Å². The number of hydrogen-bond donors (Lipinski definition) is 2. The van der Waals surface area contributed by atoms with Gasteiger partial charge in [-0.2, -0.15) is 0 Å². The molecule has 1 aromatic carbocycles. The summed E-state index contributed by atoms with van der Waals surface area (Å²) in [6.45, 7) is 3.74. The van der Waals surface area contributed by atoms with Gasteiger partial charge in [-0.1, -0.05) is 0 Å². The Balaban J connectivity index is 1.72. The minimum Gasteiger partial charge on any atom is -0.495 e. The highest BCUT2D eigenvalue weighted by molar-refractivity contribution is 5.90. The molecule has 0 bridgehead atoms. The second-order valence-corrected chi connectivity index (χ2v) is 7.28. The fraction of sp³-hybridized carbons (Fsp3) is 0.286. The number of pyridine rings is 2. The number of aromatic nitrogens is 2. The number of halogens is 1. The number of nitrogens with one attached hydrogen (secondary N) is 1. The summed E-state index contributed by atoms with van der Waals surface area (Å²) >= 11 is 0. The number of amidine groups is 1. The lowest BCUT2D eigenvalue weighted by atomic mass is 9.86. The Hall–Kier alpha value is -3.42. The molecule has 0 amide bonds. The normalized spacial score (nSPS) is 21.4. The van der Waals surface area contributed by atoms with E-state index in [4.69, 9.17) is 15.2 Å². The molecule has 2 atom stereocenters. The van der Waals surface area contributed by atoms with Crippen LogP contribution in [0.25, 0.3) is 10.9 Å². The first-order chi connectivity index (χ1) is 13.9. The summed E-state index contributed by atoms with van der Waals surface area (Å²) in [5, 5.41) is 4.12. The maximum atomic E-state index is 14.7. The second kappa shape index (κ2) is 7.20. The predicted octanol–water partition coefficient (Wildman–Crippen LogP) is 3.86. The van der Waals surface area contributed by atoms with Gasteiger partial charge in [-0.3, -0.25) is 0 Å². The van der Waals surface area contributed by atoms with E-state index in [1.165, 1.54) is 6.07 Å². The van der Waals surface area contributed by atoms with Crippen LogP contribution >= 0.6 is 0 Å². The molecule has 150 valence electrons. The molecule has 8 heteroatoms. The maximum absolute atomic E-state index is 14.7. The number of methoxy groups -OCH3 is 1. The summed E-state index contributed by atoms with van der Waals surface area (Å²) in [5.74, 6) is 0.879. The van der Waals surface area contributed by atoms with Crippen LogP contribution in [0.5, 0.6) is 5.75 Å². The Morgan fingerprint density at radius 2 is 2.10 bits per heavy atom. The minimum atomic E-state index is -0.818. The fourth-order valence-electron chi connectivity index (χ4n) is 3.69. The number of anilines is 2. The summed E-state index contributed by atoms with van der Waals surface area (Å²) in [4.78, 5) is 13.2. The van der Waals surface area contributed by atoms with E-state index in [1.54, 1.807) is 31.6 Å². The summed E-state index contributed by atoms with van der Waals surface area (Å²) in [5.41, 5.74) is 6.78. The van der Waals surface area contributed by atoms with Crippen LogP contribution in [0.15, 0.2) is 47.7 Å². The van der Waals surface area contributed by atoms with Gasteiger partial charge in [0.2, 0.25) is 0 Å². The molecule has 0 saturated heterocycles. The van der Waals surface area contributed by atoms with Gasteiger partial charge in [-0.25, -0.2) is 19.4 Å². The Labute approximate surface area is 167 Å². The van der Waals surface area contributed by atoms with E-state index >= 15 is 0 Å². The molecule has 0 aliphatic carbocycles. The lowest BCUT2D eigenvalue weighted by molar-refractivity contribution is 0.134. The number of nitrogens with zero attached hydrogens (tertiary/aromatic N) is 3. The maximum Gasteiger partial charge on any atom is 0.283 e. The van der Waals surface area contributed by atoms with Crippen LogP contribution in [0.3, 0.4) is 0 Å². The average molecular weight is 395 g/mol. The molecule has 1 aliphatic heterocycles. The lowest BCUT2D eigenvalue weighted by Crippen LogP contribution is -2.38. The smallest absolute Gasteiger partial charge is 0.283 e. The zero-order valence-corrected chi connectivity index (χ0v) is 16.4. The molecule has 0 saturated carbocycles. The zero-order valence-electron chi connectivity index (χ0n) is 16.4. The van der Waals surface area contributed by atoms with Gasteiger partial charge in [-0.05, 0) is 44.2 Å². The van der Waals surface area contributed by atoms with Gasteiger partial charge >= 0.3 is 0 Å². The van der Waals surface area contributed by atoms with Crippen LogP contribution in [0, 0.1) is 5.82 Å². The standard InChI is InChI=1S/C21H22FN5O2/c1-12-10-21(2,27-20(23)29-12)16-9-14(4-5-17(16)22)26-19-18-13(6-7-24-19)8-15(28-3)11-25-18/h4-9,11-12H,10H2,1-3H3,(H2,23,27)(H,24,26)/t12-,21+/m1/s1. The van der Waals surface area contributed by atoms with E-state index in [1.807, 2.05) is 26.0 Å². The predicted molar refractivity (Wildman–Crippen MR) is 110 cm³/mol. The van der Waals surface area contributed by atoms with Gasteiger partial charge in [0, 0.05) is 29.3 Å². The summed E-state index contributed by atoms with van der Waals surface area (Å²) in [6.07, 6.45) is 3.67. The van der Waals surface area contributed by atoms with Gasteiger partial charge in [-0.15, -0.1) is 0 Å². The van der Waals surface area contributed by atoms with Crippen molar-refractivity contribution in [3.8, 4) is 5.75 Å². The Morgan fingerprint density at radius 3 is 2.86 bits per heavy atom. The van der Waals surface area contributed by atoms with Crippen molar-refractivity contribution in [1.29, 1.82) is 0 Å². The molecule has 4 rings (SSSR count). The van der Waals surface area contributed by atoms with Gasteiger partial charge in [0.15, 0.2) is 5.82 Å². The molecule has 3 heterocycles. The van der Waals surface area contributed by atoms with Crippen LogP contribution < -0.4 is 15.8 Å². The Kier molecular flexibility index (Phi) is 4.70. The van der Waals surface area contributed by atoms with Gasteiger partial charge in [0.1, 0.15) is 23.2 Å². The quantitative estimate of drug-likeness (QED) is 0.697. The number of hydrogen-bond acceptors (Lipinski definition) is 7. The average Bonchev–Trinajstić information content (AvgIpc) is 2.68. The van der Waals surface area contributed by atoms with E-state index in [9.17, 15) is 4.39 Å². The number of benzene rings is 1. The van der Waals surface area contributed by atoms with Crippen LogP contribution in [0.4, 0.5) is 15.9 Å². The molecular weight excluding hydrogens is 373 g/mol. The third-order valence-electron chi connectivity index (χ3n) is 4.98. The molecule has 1 aliphatic rings. The monoisotopic (exact) mass is 395 g/mol. The minimum absolute atomic E-state index is 0.0675. The van der Waals surface area contributed by atoms with Crippen molar-refractivity contribution in [3.63, 3.8) is 0 Å². The highest BCUT2D eigenvalue weighted by Crippen LogP contribution is 2.37. The van der Waals surface area contributed by atoms with Crippen molar-refractivity contribution in [2.24, 2.45) is 10.7 Å². The second-order valence-electron chi connectivity index (χ2n) is 7.28. The summed E-state index contributed by atoms with van der Waals surface area (Å²) in [7, 11) is 1.59. The van der Waals surface area contributed by atoms with Crippen molar-refractivity contribution < 1.29 is 13.9 Å². The van der Waals surface area contributed by atoms with Crippen molar-refractivity contribution in [1.82, 2.24) is 9.97 Å². The highest BCUT2D eigenvalue weighted by atomic mass is 19.1. The Morgan fingerprint density at radius 1 is 1.28 bits per heavy atom. The molecule has 0 unspecified atom stereocenters. The first-order valence-corrected chi connectivity index (χ1v) is 9.26. The van der Waals surface area contributed by atoms with Crippen LogP contribution in [0.1, 0.15) is 25.8 Å². The molecular formula is C21H22FN5O2. The third-order valence-corrected chi connectivity index (χ3v) is 4.98. The van der Waals surface area contributed by atoms with Gasteiger partial charge < -0.3 is 20.5 Å². The van der Waals surface area contributed by atoms with Crippen LogP contribution in [-0.2, 0) is 10.3 Å². The third kappa shape index (κ3) is 3.65. The zero-order chi connectivity index (χ0) is 20.6. The number of rotatable bonds is 4. The number of fused-ring (bicyclic) bond motifs is 1. The summed E-state index contributed by atoms with van der Waals surface area (Å²) in [6, 6.07) is 8.60. The molecule has 7 nitrogen and oxygen atoms in total. The first kappa shape index (κ1) is 18.9. The number of ether oxygens (including phenoxy) is 2. The molecule has 0 spiro atoms. The fourth-order valence-corrected chi connectivity index (χ4v) is 3.69. The molecule has 0 fully saturated rings. The van der Waals surface area contributed by atoms with Crippen LogP contribution in [-0.4, -0.2) is 29.2 Å². The largest absolute Gasteiger partial charge is 0.495 e. The molecule has 0 radical (unpaired) electrons. The van der Waals surface area contributed by atoms with E-state index in [2.05, 4.69) is 20.3 Å². The summed E-state index contributed by atoms with van der Waals surface area (Å²) < 4.78 is 25.3. The highest BCUT2D eigenvalue weighted by Gasteiger charge is 2.36. The van der Waals surface area contributed by atoms with E-state index in [-0.39, 0.29) is 17.9 Å². The van der Waals surface area contributed by atoms with Crippen molar-refractivity contribution in [2.45, 2.75) is 31.9 Å². The van der Waals surface area contributed by atoms with Crippen molar-refractivity contribution in [2.75, 3.05) is 12.4 Å². The lowest BCUT2D eigenvalue weighted by Gasteiger charge is -2.34.